The number of hydrogen-bond acceptors (Lipinski definition) is 7. The number of rotatable bonds is 4. The summed E-state index contributed by atoms with van der Waals surface area (Å²) in [7, 11) is 5.35. The fourth-order valence-corrected chi connectivity index (χ4v) is 3.51. The molecule has 0 saturated carbocycles. The summed E-state index contributed by atoms with van der Waals surface area (Å²) in [6.07, 6.45) is 0. The largest absolute Gasteiger partial charge is 0.468 e. The van der Waals surface area contributed by atoms with Gasteiger partial charge in [0.05, 0.1) is 21.3 Å². The molecule has 0 N–H and O–H groups in total. The monoisotopic (exact) mass is 335 g/mol. The van der Waals surface area contributed by atoms with Gasteiger partial charge in [-0.2, -0.15) is 0 Å². The average molecular weight is 335 g/mol. The topological polar surface area (TPSA) is 82.1 Å². The highest BCUT2D eigenvalue weighted by Gasteiger charge is 2.65. The van der Waals surface area contributed by atoms with Crippen molar-refractivity contribution in [3.05, 3.63) is 35.9 Å². The first-order valence-electron chi connectivity index (χ1n) is 7.43. The van der Waals surface area contributed by atoms with Gasteiger partial charge >= 0.3 is 17.9 Å². The average Bonchev–Trinajstić information content (AvgIpc) is 2.94. The first-order valence-corrected chi connectivity index (χ1v) is 7.43. The van der Waals surface area contributed by atoms with Crippen molar-refractivity contribution in [2.75, 3.05) is 34.9 Å². The van der Waals surface area contributed by atoms with Gasteiger partial charge in [0.25, 0.3) is 0 Å². The Morgan fingerprint density at radius 3 is 2.00 bits per heavy atom. The Morgan fingerprint density at radius 1 is 1.00 bits per heavy atom. The number of hydrogen-bond donors (Lipinski definition) is 0. The maximum absolute atomic E-state index is 12.6. The van der Waals surface area contributed by atoms with Crippen LogP contribution in [0.4, 0.5) is 0 Å². The zero-order valence-electron chi connectivity index (χ0n) is 14.1. The van der Waals surface area contributed by atoms with E-state index in [4.69, 9.17) is 14.2 Å². The third-order valence-corrected chi connectivity index (χ3v) is 4.52. The molecule has 0 aromatic heterocycles. The second-order valence-corrected chi connectivity index (χ2v) is 5.73. The predicted molar refractivity (Wildman–Crippen MR) is 84.1 cm³/mol. The van der Waals surface area contributed by atoms with E-state index in [1.807, 2.05) is 6.07 Å². The van der Waals surface area contributed by atoms with Crippen LogP contribution in [0.5, 0.6) is 0 Å². The molecule has 2 atom stereocenters. The summed E-state index contributed by atoms with van der Waals surface area (Å²) in [5.41, 5.74) is -0.980. The molecule has 0 aliphatic carbocycles. The molecule has 1 heterocycles. The van der Waals surface area contributed by atoms with E-state index < -0.39 is 35.3 Å². The van der Waals surface area contributed by atoms with E-state index in [0.717, 1.165) is 0 Å². The van der Waals surface area contributed by atoms with Crippen molar-refractivity contribution >= 4 is 17.9 Å². The molecule has 1 saturated heterocycles. The molecule has 2 rings (SSSR count). The second kappa shape index (κ2) is 7.00. The van der Waals surface area contributed by atoms with Crippen LogP contribution in [-0.2, 0) is 28.6 Å². The van der Waals surface area contributed by atoms with Crippen LogP contribution in [0.15, 0.2) is 30.3 Å². The van der Waals surface area contributed by atoms with Crippen LogP contribution in [0.2, 0.25) is 0 Å². The van der Waals surface area contributed by atoms with Crippen LogP contribution in [0.3, 0.4) is 0 Å². The van der Waals surface area contributed by atoms with Crippen LogP contribution >= 0.6 is 0 Å². The number of ether oxygens (including phenoxy) is 3. The minimum Gasteiger partial charge on any atom is -0.468 e. The molecule has 1 aliphatic heterocycles. The van der Waals surface area contributed by atoms with Gasteiger partial charge in [-0.3, -0.25) is 19.3 Å². The zero-order chi connectivity index (χ0) is 17.9. The molecule has 130 valence electrons. The van der Waals surface area contributed by atoms with Gasteiger partial charge in [0.1, 0.15) is 6.04 Å². The first kappa shape index (κ1) is 17.9. The molecule has 0 bridgehead atoms. The van der Waals surface area contributed by atoms with E-state index >= 15 is 0 Å². The molecule has 24 heavy (non-hydrogen) atoms. The number of methoxy groups -OCH3 is 3. The Balaban J connectivity index is 2.69. The van der Waals surface area contributed by atoms with Gasteiger partial charge in [-0.1, -0.05) is 30.3 Å². The van der Waals surface area contributed by atoms with Crippen LogP contribution in [0.25, 0.3) is 0 Å². The highest BCUT2D eigenvalue weighted by Crippen LogP contribution is 2.48. The smallest absolute Gasteiger partial charge is 0.325 e. The van der Waals surface area contributed by atoms with Crippen LogP contribution < -0.4 is 0 Å². The van der Waals surface area contributed by atoms with Crippen molar-refractivity contribution in [1.82, 2.24) is 4.90 Å². The van der Waals surface area contributed by atoms with Crippen LogP contribution in [0, 0.1) is 5.41 Å². The minimum absolute atomic E-state index is 0.00826. The summed E-state index contributed by atoms with van der Waals surface area (Å²) >= 11 is 0. The van der Waals surface area contributed by atoms with Gasteiger partial charge in [0, 0.05) is 12.5 Å². The molecule has 7 nitrogen and oxygen atoms in total. The number of likely N-dealkylation sites (tertiary alicyclic amines) is 1. The molecule has 1 aromatic carbocycles. The van der Waals surface area contributed by atoms with E-state index in [2.05, 4.69) is 0 Å². The van der Waals surface area contributed by atoms with Crippen molar-refractivity contribution < 1.29 is 28.6 Å². The number of carbonyl (C=O) groups excluding carboxylic acids is 3. The maximum Gasteiger partial charge on any atom is 0.325 e. The molecule has 7 heteroatoms. The first-order chi connectivity index (χ1) is 11.4. The van der Waals surface area contributed by atoms with Crippen LogP contribution in [0.1, 0.15) is 11.5 Å². The highest BCUT2D eigenvalue weighted by molar-refractivity contribution is 6.03. The molecular weight excluding hydrogens is 314 g/mol. The van der Waals surface area contributed by atoms with Crippen molar-refractivity contribution in [2.24, 2.45) is 5.41 Å². The fraction of sp³-hybridized carbons (Fsp3) is 0.471. The lowest BCUT2D eigenvalue weighted by Crippen LogP contribution is -2.47. The Morgan fingerprint density at radius 2 is 1.54 bits per heavy atom. The standard InChI is InChI=1S/C17H21NO6/c1-18-10-17(15(20)23-3,16(21)24-4)12(13(18)14(19)22-2)11-8-6-5-7-9-11/h5-9,12-13H,10H2,1-4H3/t12-,13-/m0/s1. The lowest BCUT2D eigenvalue weighted by Gasteiger charge is -2.31. The fourth-order valence-electron chi connectivity index (χ4n) is 3.51. The van der Waals surface area contributed by atoms with E-state index in [0.29, 0.717) is 5.56 Å². The Hall–Kier alpha value is -2.41. The molecule has 1 aromatic rings. The third-order valence-electron chi connectivity index (χ3n) is 4.52. The number of esters is 3. The molecule has 1 fully saturated rings. The van der Waals surface area contributed by atoms with Gasteiger partial charge in [-0.05, 0) is 12.6 Å². The van der Waals surface area contributed by atoms with Crippen molar-refractivity contribution in [2.45, 2.75) is 12.0 Å². The summed E-state index contributed by atoms with van der Waals surface area (Å²) in [6, 6.07) is 8.09. The lowest BCUT2D eigenvalue weighted by molar-refractivity contribution is -0.169. The zero-order valence-corrected chi connectivity index (χ0v) is 14.1. The summed E-state index contributed by atoms with van der Waals surface area (Å²) in [4.78, 5) is 39.2. The van der Waals surface area contributed by atoms with Gasteiger partial charge in [-0.15, -0.1) is 0 Å². The molecule has 0 amide bonds. The number of likely N-dealkylation sites (N-methyl/N-ethyl adjacent to an activating group) is 1. The summed E-state index contributed by atoms with van der Waals surface area (Å²) in [5.74, 6) is -2.78. The summed E-state index contributed by atoms with van der Waals surface area (Å²) < 4.78 is 14.7. The Bertz CT molecular complexity index is 613. The molecule has 0 spiro atoms. The van der Waals surface area contributed by atoms with Gasteiger partial charge < -0.3 is 14.2 Å². The van der Waals surface area contributed by atoms with Crippen molar-refractivity contribution in [1.29, 1.82) is 0 Å². The predicted octanol–water partition coefficient (Wildman–Crippen LogP) is 0.590. The second-order valence-electron chi connectivity index (χ2n) is 5.73. The SMILES string of the molecule is COC(=O)[C@@H]1[C@H](c2ccccc2)C(C(=O)OC)(C(=O)OC)CN1C. The molecule has 0 unspecified atom stereocenters. The van der Waals surface area contributed by atoms with Gasteiger partial charge in [0.2, 0.25) is 0 Å². The van der Waals surface area contributed by atoms with Gasteiger partial charge in [-0.25, -0.2) is 0 Å². The quantitative estimate of drug-likeness (QED) is 0.452. The van der Waals surface area contributed by atoms with E-state index in [-0.39, 0.29) is 6.54 Å². The Labute approximate surface area is 140 Å². The van der Waals surface area contributed by atoms with Crippen LogP contribution in [-0.4, -0.2) is 63.8 Å². The lowest BCUT2D eigenvalue weighted by atomic mass is 9.71. The minimum atomic E-state index is -1.64. The third kappa shape index (κ3) is 2.65. The Kier molecular flexibility index (Phi) is 5.23. The summed E-state index contributed by atoms with van der Waals surface area (Å²) in [6.45, 7) is -0.00826. The van der Waals surface area contributed by atoms with Gasteiger partial charge in [0.15, 0.2) is 5.41 Å². The maximum atomic E-state index is 12.6. The molecule has 0 radical (unpaired) electrons. The number of nitrogens with zero attached hydrogens (tertiary/aromatic N) is 1. The number of carbonyl (C=O) groups is 3. The molecular formula is C17H21NO6. The van der Waals surface area contributed by atoms with E-state index in [1.54, 1.807) is 36.2 Å². The molecule has 1 aliphatic rings. The van der Waals surface area contributed by atoms with Crippen molar-refractivity contribution in [3.8, 4) is 0 Å². The summed E-state index contributed by atoms with van der Waals surface area (Å²) in [5, 5.41) is 0. The van der Waals surface area contributed by atoms with E-state index in [9.17, 15) is 14.4 Å². The van der Waals surface area contributed by atoms with E-state index in [1.165, 1.54) is 21.3 Å². The van der Waals surface area contributed by atoms with Crippen molar-refractivity contribution in [3.63, 3.8) is 0 Å². The highest BCUT2D eigenvalue weighted by atomic mass is 16.5. The normalized spacial score (nSPS) is 22.7. The number of benzene rings is 1.